The van der Waals surface area contributed by atoms with E-state index in [1.54, 1.807) is 36.4 Å². The molecule has 1 aromatic heterocycles. The molecule has 1 saturated heterocycles. The lowest BCUT2D eigenvalue weighted by atomic mass is 10.1. The number of aromatic nitrogens is 1. The Labute approximate surface area is 148 Å². The van der Waals surface area contributed by atoms with Crippen molar-refractivity contribution < 1.29 is 14.7 Å². The third-order valence-electron chi connectivity index (χ3n) is 3.68. The quantitative estimate of drug-likeness (QED) is 0.616. The summed E-state index contributed by atoms with van der Waals surface area (Å²) in [5.74, 6) is -1.79. The normalized spacial score (nSPS) is 17.5. The van der Waals surface area contributed by atoms with Crippen LogP contribution in [0, 0.1) is 0 Å². The first kappa shape index (κ1) is 16.5. The van der Waals surface area contributed by atoms with Gasteiger partial charge in [-0.25, -0.2) is 0 Å². The molecular formula is C17H13N2O3S2-. The lowest BCUT2D eigenvalue weighted by Gasteiger charge is -2.27. The van der Waals surface area contributed by atoms with Crippen molar-refractivity contribution in [3.63, 3.8) is 0 Å². The molecule has 0 aliphatic carbocycles. The van der Waals surface area contributed by atoms with E-state index in [2.05, 4.69) is 0 Å². The Morgan fingerprint density at radius 1 is 1.25 bits per heavy atom. The van der Waals surface area contributed by atoms with Crippen molar-refractivity contribution in [3.05, 3.63) is 64.8 Å². The van der Waals surface area contributed by atoms with E-state index in [4.69, 9.17) is 12.2 Å². The molecule has 0 saturated carbocycles. The standard InChI is InChI=1S/C17H14N2O3S2/c1-18-9-5-8-12(18)10-13-15(20)19(17(23)24-13)14(16(21)22)11-6-3-2-4-7-11/h2-10,14H,1H3,(H,21,22)/p-1/b13-10-/t14-/m1/s1. The highest BCUT2D eigenvalue weighted by atomic mass is 32.2. The highest BCUT2D eigenvalue weighted by molar-refractivity contribution is 8.26. The minimum absolute atomic E-state index is 0.207. The number of rotatable bonds is 4. The predicted octanol–water partition coefficient (Wildman–Crippen LogP) is 1.72. The molecule has 122 valence electrons. The number of benzene rings is 1. The number of carboxylic acids is 1. The number of amides is 1. The van der Waals surface area contributed by atoms with Gasteiger partial charge < -0.3 is 14.5 Å². The van der Waals surface area contributed by atoms with Crippen molar-refractivity contribution in [1.82, 2.24) is 9.47 Å². The summed E-state index contributed by atoms with van der Waals surface area (Å²) in [4.78, 5) is 25.9. The molecule has 5 nitrogen and oxygen atoms in total. The Bertz CT molecular complexity index is 843. The van der Waals surface area contributed by atoms with E-state index < -0.39 is 17.9 Å². The van der Waals surface area contributed by atoms with Crippen LogP contribution in [0.2, 0.25) is 0 Å². The van der Waals surface area contributed by atoms with Gasteiger partial charge in [-0.15, -0.1) is 0 Å². The van der Waals surface area contributed by atoms with Gasteiger partial charge in [-0.2, -0.15) is 0 Å². The van der Waals surface area contributed by atoms with E-state index in [9.17, 15) is 14.7 Å². The number of aliphatic carboxylic acids is 1. The minimum atomic E-state index is -1.36. The summed E-state index contributed by atoms with van der Waals surface area (Å²) < 4.78 is 2.07. The number of hydrogen-bond acceptors (Lipinski definition) is 5. The Morgan fingerprint density at radius 3 is 2.54 bits per heavy atom. The third kappa shape index (κ3) is 3.00. The van der Waals surface area contributed by atoms with E-state index in [-0.39, 0.29) is 4.32 Å². The monoisotopic (exact) mass is 357 g/mol. The number of carbonyl (C=O) groups is 2. The molecular weight excluding hydrogens is 344 g/mol. The van der Waals surface area contributed by atoms with Crippen molar-refractivity contribution in [2.24, 2.45) is 7.05 Å². The number of nitrogens with zero attached hydrogens (tertiary/aromatic N) is 2. The van der Waals surface area contributed by atoms with Crippen LogP contribution in [0.5, 0.6) is 0 Å². The van der Waals surface area contributed by atoms with Crippen LogP contribution in [0.3, 0.4) is 0 Å². The summed E-state index contributed by atoms with van der Waals surface area (Å²) in [6.07, 6.45) is 3.57. The molecule has 2 heterocycles. The second-order valence-corrected chi connectivity index (χ2v) is 6.90. The maximum absolute atomic E-state index is 12.7. The Morgan fingerprint density at radius 2 is 1.96 bits per heavy atom. The molecule has 3 rings (SSSR count). The van der Waals surface area contributed by atoms with Gasteiger partial charge in [-0.1, -0.05) is 54.3 Å². The van der Waals surface area contributed by atoms with Gasteiger partial charge >= 0.3 is 0 Å². The van der Waals surface area contributed by atoms with Gasteiger partial charge in [0, 0.05) is 18.9 Å². The van der Waals surface area contributed by atoms with Gasteiger partial charge in [-0.3, -0.25) is 9.69 Å². The smallest absolute Gasteiger partial charge is 0.267 e. The maximum Gasteiger partial charge on any atom is 0.267 e. The van der Waals surface area contributed by atoms with Gasteiger partial charge in [0.25, 0.3) is 5.91 Å². The van der Waals surface area contributed by atoms with Crippen LogP contribution in [0.25, 0.3) is 6.08 Å². The van der Waals surface area contributed by atoms with Crippen LogP contribution in [-0.2, 0) is 16.6 Å². The van der Waals surface area contributed by atoms with E-state index in [1.165, 1.54) is 0 Å². The van der Waals surface area contributed by atoms with Gasteiger partial charge in [-0.05, 0) is 23.8 Å². The number of thioether (sulfide) groups is 1. The maximum atomic E-state index is 12.7. The van der Waals surface area contributed by atoms with Gasteiger partial charge in [0.05, 0.1) is 10.9 Å². The third-order valence-corrected chi connectivity index (χ3v) is 5.01. The molecule has 0 radical (unpaired) electrons. The molecule has 24 heavy (non-hydrogen) atoms. The lowest BCUT2D eigenvalue weighted by Crippen LogP contribution is -2.43. The van der Waals surface area contributed by atoms with Crippen molar-refractivity contribution in [1.29, 1.82) is 0 Å². The van der Waals surface area contributed by atoms with E-state index in [0.29, 0.717) is 10.5 Å². The van der Waals surface area contributed by atoms with Gasteiger partial charge in [0.2, 0.25) is 0 Å². The molecule has 2 aromatic rings. The number of aryl methyl sites for hydroxylation is 1. The van der Waals surface area contributed by atoms with Crippen molar-refractivity contribution in [2.45, 2.75) is 6.04 Å². The molecule has 7 heteroatoms. The fourth-order valence-electron chi connectivity index (χ4n) is 2.49. The second-order valence-electron chi connectivity index (χ2n) is 5.23. The molecule has 0 spiro atoms. The summed E-state index contributed by atoms with van der Waals surface area (Å²) in [5.41, 5.74) is 1.29. The highest BCUT2D eigenvalue weighted by Gasteiger charge is 2.38. The summed E-state index contributed by atoms with van der Waals surface area (Å²) >= 11 is 6.34. The molecule has 1 amide bonds. The molecule has 1 aliphatic rings. The Hall–Kier alpha value is -2.38. The van der Waals surface area contributed by atoms with Crippen LogP contribution >= 0.6 is 24.0 Å². The van der Waals surface area contributed by atoms with E-state index in [1.807, 2.05) is 29.9 Å². The average Bonchev–Trinajstić information content (AvgIpc) is 3.07. The van der Waals surface area contributed by atoms with Crippen molar-refractivity contribution in [3.8, 4) is 0 Å². The summed E-state index contributed by atoms with van der Waals surface area (Å²) in [6.45, 7) is 0. The lowest BCUT2D eigenvalue weighted by molar-refractivity contribution is -0.310. The molecule has 0 unspecified atom stereocenters. The first-order chi connectivity index (χ1) is 11.5. The average molecular weight is 357 g/mol. The second kappa shape index (κ2) is 6.62. The number of carbonyl (C=O) groups excluding carboxylic acids is 2. The highest BCUT2D eigenvalue weighted by Crippen LogP contribution is 2.38. The molecule has 1 fully saturated rings. The molecule has 1 aliphatic heterocycles. The molecule has 0 bridgehead atoms. The zero-order valence-electron chi connectivity index (χ0n) is 12.7. The van der Waals surface area contributed by atoms with Crippen LogP contribution in [0.4, 0.5) is 0 Å². The fourth-order valence-corrected chi connectivity index (χ4v) is 3.78. The van der Waals surface area contributed by atoms with Crippen molar-refractivity contribution in [2.75, 3.05) is 0 Å². The number of carboxylic acid groups (broad SMARTS) is 1. The van der Waals surface area contributed by atoms with E-state index in [0.717, 1.165) is 22.4 Å². The Balaban J connectivity index is 1.98. The molecule has 1 aromatic carbocycles. The van der Waals surface area contributed by atoms with Crippen LogP contribution in [0.15, 0.2) is 53.6 Å². The fraction of sp³-hybridized carbons (Fsp3) is 0.118. The zero-order valence-corrected chi connectivity index (χ0v) is 14.3. The topological polar surface area (TPSA) is 65.4 Å². The molecule has 0 N–H and O–H groups in total. The van der Waals surface area contributed by atoms with Crippen LogP contribution in [0.1, 0.15) is 17.3 Å². The first-order valence-electron chi connectivity index (χ1n) is 7.13. The van der Waals surface area contributed by atoms with Crippen LogP contribution in [-0.4, -0.2) is 25.7 Å². The number of thiocarbonyl (C=S) groups is 1. The summed E-state index contributed by atoms with van der Waals surface area (Å²) in [5, 5.41) is 11.7. The first-order valence-corrected chi connectivity index (χ1v) is 8.35. The minimum Gasteiger partial charge on any atom is -0.547 e. The van der Waals surface area contributed by atoms with Gasteiger partial charge in [0.15, 0.2) is 0 Å². The van der Waals surface area contributed by atoms with Crippen molar-refractivity contribution >= 4 is 46.3 Å². The SMILES string of the molecule is Cn1cccc1/C=C1\SC(=S)N([C@@H](C(=O)[O-])c2ccccc2)C1=O. The van der Waals surface area contributed by atoms with Gasteiger partial charge in [0.1, 0.15) is 10.4 Å². The predicted molar refractivity (Wildman–Crippen MR) is 94.6 cm³/mol. The summed E-state index contributed by atoms with van der Waals surface area (Å²) in [7, 11) is 1.86. The zero-order chi connectivity index (χ0) is 17.3. The largest absolute Gasteiger partial charge is 0.547 e. The molecule has 1 atom stereocenters. The number of hydrogen-bond donors (Lipinski definition) is 0. The van der Waals surface area contributed by atoms with E-state index >= 15 is 0 Å². The Kier molecular flexibility index (Phi) is 4.55. The summed E-state index contributed by atoms with van der Waals surface area (Å²) in [6, 6.07) is 11.0. The van der Waals surface area contributed by atoms with Crippen LogP contribution < -0.4 is 5.11 Å².